The number of nitrogens with one attached hydrogen (secondary N) is 2. The molecule has 0 radical (unpaired) electrons. The van der Waals surface area contributed by atoms with Gasteiger partial charge in [0.15, 0.2) is 16.6 Å². The van der Waals surface area contributed by atoms with Crippen molar-refractivity contribution in [2.45, 2.75) is 20.8 Å². The van der Waals surface area contributed by atoms with Crippen LogP contribution in [0, 0.1) is 12.7 Å². The molecule has 7 nitrogen and oxygen atoms in total. The molecule has 2 amide bonds. The summed E-state index contributed by atoms with van der Waals surface area (Å²) < 4.78 is 24.2. The first-order chi connectivity index (χ1) is 15.4. The molecule has 3 aromatic rings. The van der Waals surface area contributed by atoms with Crippen molar-refractivity contribution in [2.24, 2.45) is 0 Å². The van der Waals surface area contributed by atoms with Crippen LogP contribution < -0.4 is 20.1 Å². The fraction of sp³-hybridized carbons (Fsp3) is 0.261. The number of aromatic nitrogens is 1. The lowest BCUT2D eigenvalue weighted by atomic mass is 10.1. The van der Waals surface area contributed by atoms with E-state index in [2.05, 4.69) is 15.6 Å². The predicted octanol–water partition coefficient (Wildman–Crippen LogP) is 4.42. The Kier molecular flexibility index (Phi) is 7.77. The first kappa shape index (κ1) is 23.2. The standard InChI is InChI=1S/C23H24FN3O4S/c1-4-30-18-11-8-16(12-19(18)31-5-2)22(29)25-13-20(28)26-23-27-21(14(3)32-23)15-6-9-17(24)10-7-15/h6-12H,4-5,13H2,1-3H3,(H,25,29)(H,26,27,28). The lowest BCUT2D eigenvalue weighted by Crippen LogP contribution is -2.32. The van der Waals surface area contributed by atoms with Gasteiger partial charge in [-0.25, -0.2) is 9.37 Å². The number of nitrogens with zero attached hydrogens (tertiary/aromatic N) is 1. The van der Waals surface area contributed by atoms with E-state index in [0.29, 0.717) is 41.1 Å². The Labute approximate surface area is 189 Å². The van der Waals surface area contributed by atoms with Crippen LogP contribution in [0.25, 0.3) is 11.3 Å². The summed E-state index contributed by atoms with van der Waals surface area (Å²) in [7, 11) is 0. The number of rotatable bonds is 9. The highest BCUT2D eigenvalue weighted by molar-refractivity contribution is 7.16. The van der Waals surface area contributed by atoms with Crippen molar-refractivity contribution in [3.63, 3.8) is 0 Å². The van der Waals surface area contributed by atoms with Gasteiger partial charge in [-0.05, 0) is 63.2 Å². The summed E-state index contributed by atoms with van der Waals surface area (Å²) in [6, 6.07) is 10.9. The first-order valence-electron chi connectivity index (χ1n) is 10.1. The van der Waals surface area contributed by atoms with Gasteiger partial charge in [0.1, 0.15) is 5.82 Å². The molecule has 3 rings (SSSR count). The molecule has 0 saturated heterocycles. The van der Waals surface area contributed by atoms with E-state index in [4.69, 9.17) is 9.47 Å². The van der Waals surface area contributed by atoms with Crippen molar-refractivity contribution in [2.75, 3.05) is 25.1 Å². The summed E-state index contributed by atoms with van der Waals surface area (Å²) in [5.74, 6) is -0.121. The van der Waals surface area contributed by atoms with Crippen LogP contribution in [0.2, 0.25) is 0 Å². The predicted molar refractivity (Wildman–Crippen MR) is 122 cm³/mol. The summed E-state index contributed by atoms with van der Waals surface area (Å²) in [4.78, 5) is 30.1. The van der Waals surface area contributed by atoms with Crippen LogP contribution >= 0.6 is 11.3 Å². The Morgan fingerprint density at radius 2 is 1.72 bits per heavy atom. The fourth-order valence-electron chi connectivity index (χ4n) is 2.94. The molecule has 0 aliphatic carbocycles. The van der Waals surface area contributed by atoms with Crippen molar-refractivity contribution < 1.29 is 23.5 Å². The van der Waals surface area contributed by atoms with Crippen LogP contribution in [0.15, 0.2) is 42.5 Å². The second-order valence-corrected chi connectivity index (χ2v) is 7.89. The van der Waals surface area contributed by atoms with Crippen molar-refractivity contribution in [1.29, 1.82) is 0 Å². The fourth-order valence-corrected chi connectivity index (χ4v) is 3.80. The quantitative estimate of drug-likeness (QED) is 0.496. The smallest absolute Gasteiger partial charge is 0.251 e. The third-order valence-electron chi connectivity index (χ3n) is 4.38. The number of anilines is 1. The largest absolute Gasteiger partial charge is 0.490 e. The lowest BCUT2D eigenvalue weighted by Gasteiger charge is -2.12. The molecule has 0 unspecified atom stereocenters. The Bertz CT molecular complexity index is 1100. The maximum atomic E-state index is 13.1. The maximum absolute atomic E-state index is 13.1. The molecule has 2 N–H and O–H groups in total. The average Bonchev–Trinajstić information content (AvgIpc) is 3.14. The van der Waals surface area contributed by atoms with Gasteiger partial charge in [0.05, 0.1) is 25.5 Å². The topological polar surface area (TPSA) is 89.5 Å². The molecule has 0 bridgehead atoms. The van der Waals surface area contributed by atoms with E-state index < -0.39 is 11.8 Å². The number of carbonyl (C=O) groups is 2. The zero-order valence-electron chi connectivity index (χ0n) is 18.0. The molecule has 0 aliphatic rings. The van der Waals surface area contributed by atoms with Crippen molar-refractivity contribution >= 4 is 28.3 Å². The van der Waals surface area contributed by atoms with Gasteiger partial charge in [-0.3, -0.25) is 9.59 Å². The molecule has 9 heteroatoms. The number of aryl methyl sites for hydroxylation is 1. The highest BCUT2D eigenvalue weighted by Crippen LogP contribution is 2.30. The Balaban J connectivity index is 1.60. The number of benzene rings is 2. The normalized spacial score (nSPS) is 10.5. The second-order valence-electron chi connectivity index (χ2n) is 6.69. The minimum Gasteiger partial charge on any atom is -0.490 e. The molecule has 0 atom stereocenters. The SMILES string of the molecule is CCOc1ccc(C(=O)NCC(=O)Nc2nc(-c3ccc(F)cc3)c(C)s2)cc1OCC. The van der Waals surface area contributed by atoms with Crippen LogP contribution in [0.4, 0.5) is 9.52 Å². The van der Waals surface area contributed by atoms with Gasteiger partial charge in [-0.15, -0.1) is 11.3 Å². The number of carbonyl (C=O) groups excluding carboxylic acids is 2. The molecular weight excluding hydrogens is 433 g/mol. The molecule has 0 spiro atoms. The van der Waals surface area contributed by atoms with Gasteiger partial charge in [0.25, 0.3) is 5.91 Å². The summed E-state index contributed by atoms with van der Waals surface area (Å²) in [6.07, 6.45) is 0. The molecule has 168 valence electrons. The first-order valence-corrected chi connectivity index (χ1v) is 10.9. The second kappa shape index (κ2) is 10.7. The third kappa shape index (κ3) is 5.82. The lowest BCUT2D eigenvalue weighted by molar-refractivity contribution is -0.115. The van der Waals surface area contributed by atoms with E-state index in [9.17, 15) is 14.0 Å². The summed E-state index contributed by atoms with van der Waals surface area (Å²) in [6.45, 7) is 6.26. The molecule has 1 aromatic heterocycles. The van der Waals surface area contributed by atoms with Crippen LogP contribution in [0.1, 0.15) is 29.1 Å². The third-order valence-corrected chi connectivity index (χ3v) is 5.26. The average molecular weight is 458 g/mol. The van der Waals surface area contributed by atoms with Crippen molar-refractivity contribution in [3.8, 4) is 22.8 Å². The Morgan fingerprint density at radius 1 is 1.03 bits per heavy atom. The van der Waals surface area contributed by atoms with Gasteiger partial charge in [0.2, 0.25) is 5.91 Å². The number of thiazole rings is 1. The maximum Gasteiger partial charge on any atom is 0.251 e. The highest BCUT2D eigenvalue weighted by Gasteiger charge is 2.15. The Hall–Kier alpha value is -3.46. The molecule has 1 heterocycles. The molecule has 2 aromatic carbocycles. The van der Waals surface area contributed by atoms with Gasteiger partial charge in [0, 0.05) is 16.0 Å². The molecule has 0 aliphatic heterocycles. The van der Waals surface area contributed by atoms with Crippen molar-refractivity contribution in [3.05, 3.63) is 58.7 Å². The van der Waals surface area contributed by atoms with Gasteiger partial charge in [-0.2, -0.15) is 0 Å². The van der Waals surface area contributed by atoms with Crippen LogP contribution in [-0.4, -0.2) is 36.6 Å². The van der Waals surface area contributed by atoms with E-state index in [1.165, 1.54) is 23.5 Å². The van der Waals surface area contributed by atoms with E-state index >= 15 is 0 Å². The molecule has 0 fully saturated rings. The van der Waals surface area contributed by atoms with Crippen molar-refractivity contribution in [1.82, 2.24) is 10.3 Å². The summed E-state index contributed by atoms with van der Waals surface area (Å²) >= 11 is 1.31. The zero-order chi connectivity index (χ0) is 23.1. The van der Waals surface area contributed by atoms with Gasteiger partial charge < -0.3 is 20.1 Å². The highest BCUT2D eigenvalue weighted by atomic mass is 32.1. The zero-order valence-corrected chi connectivity index (χ0v) is 18.8. The van der Waals surface area contributed by atoms with Gasteiger partial charge >= 0.3 is 0 Å². The number of amides is 2. The van der Waals surface area contributed by atoms with Crippen LogP contribution in [-0.2, 0) is 4.79 Å². The summed E-state index contributed by atoms with van der Waals surface area (Å²) in [5, 5.41) is 5.67. The number of hydrogen-bond donors (Lipinski definition) is 2. The van der Waals surface area contributed by atoms with E-state index in [-0.39, 0.29) is 12.4 Å². The molecule has 0 saturated carbocycles. The van der Waals surface area contributed by atoms with E-state index in [1.807, 2.05) is 20.8 Å². The number of halogens is 1. The summed E-state index contributed by atoms with van der Waals surface area (Å²) in [5.41, 5.74) is 1.79. The van der Waals surface area contributed by atoms with E-state index in [1.54, 1.807) is 30.3 Å². The molecule has 32 heavy (non-hydrogen) atoms. The minimum absolute atomic E-state index is 0.222. The van der Waals surface area contributed by atoms with Gasteiger partial charge in [-0.1, -0.05) is 0 Å². The van der Waals surface area contributed by atoms with Crippen LogP contribution in [0.5, 0.6) is 11.5 Å². The monoisotopic (exact) mass is 457 g/mol. The Morgan fingerprint density at radius 3 is 2.41 bits per heavy atom. The minimum atomic E-state index is -0.411. The number of hydrogen-bond acceptors (Lipinski definition) is 6. The molecular formula is C23H24FN3O4S. The number of ether oxygens (including phenoxy) is 2. The van der Waals surface area contributed by atoms with E-state index in [0.717, 1.165) is 10.4 Å². The van der Waals surface area contributed by atoms with Crippen LogP contribution in [0.3, 0.4) is 0 Å².